The Morgan fingerprint density at radius 1 is 1.37 bits per heavy atom. The molecular weight excluding hydrogens is 263 g/mol. The molecule has 0 radical (unpaired) electrons. The van der Waals surface area contributed by atoms with Gasteiger partial charge >= 0.3 is 12.3 Å². The number of nitrogens with one attached hydrogen (secondary N) is 1. The predicted octanol–water partition coefficient (Wildman–Crippen LogP) is 3.04. The van der Waals surface area contributed by atoms with Crippen LogP contribution in [-0.2, 0) is 4.74 Å². The molecule has 0 aromatic heterocycles. The number of amides is 1. The summed E-state index contributed by atoms with van der Waals surface area (Å²) in [6.45, 7) is 0.00415. The van der Waals surface area contributed by atoms with Gasteiger partial charge in [0.1, 0.15) is 5.75 Å². The summed E-state index contributed by atoms with van der Waals surface area (Å²) in [5.41, 5.74) is 0.647. The van der Waals surface area contributed by atoms with Crippen LogP contribution in [0.1, 0.15) is 18.5 Å². The summed E-state index contributed by atoms with van der Waals surface area (Å²) >= 11 is 0. The zero-order valence-electron chi connectivity index (χ0n) is 10.5. The number of alkyl carbamates (subject to hydrolysis) is 1. The summed E-state index contributed by atoms with van der Waals surface area (Å²) < 4.78 is 44.8. The van der Waals surface area contributed by atoms with Crippen molar-refractivity contribution in [1.29, 1.82) is 0 Å². The zero-order valence-corrected chi connectivity index (χ0v) is 10.5. The SMILES string of the molecule is COc1ccccc1[C@H](C)NC(=O)OCC(F)(F)F. The van der Waals surface area contributed by atoms with Crippen molar-refractivity contribution in [2.24, 2.45) is 0 Å². The molecule has 1 atom stereocenters. The molecule has 0 saturated heterocycles. The molecule has 0 heterocycles. The standard InChI is InChI=1S/C12H14F3NO3/c1-8(9-5-3-4-6-10(9)18-2)16-11(17)19-7-12(13,14)15/h3-6,8H,7H2,1-2H3,(H,16,17)/t8-/m0/s1. The summed E-state index contributed by atoms with van der Waals surface area (Å²) in [4.78, 5) is 11.2. The minimum Gasteiger partial charge on any atom is -0.496 e. The number of ether oxygens (including phenoxy) is 2. The Morgan fingerprint density at radius 3 is 2.58 bits per heavy atom. The summed E-state index contributed by atoms with van der Waals surface area (Å²) in [5, 5.41) is 2.30. The van der Waals surface area contributed by atoms with Gasteiger partial charge in [0.25, 0.3) is 0 Å². The van der Waals surface area contributed by atoms with Crippen LogP contribution in [0.2, 0.25) is 0 Å². The largest absolute Gasteiger partial charge is 0.496 e. The maximum atomic E-state index is 11.9. The maximum Gasteiger partial charge on any atom is 0.422 e. The zero-order chi connectivity index (χ0) is 14.5. The third-order valence-electron chi connectivity index (χ3n) is 2.31. The highest BCUT2D eigenvalue weighted by molar-refractivity contribution is 5.68. The summed E-state index contributed by atoms with van der Waals surface area (Å²) in [7, 11) is 1.47. The lowest BCUT2D eigenvalue weighted by Gasteiger charge is -2.17. The number of rotatable bonds is 4. The van der Waals surface area contributed by atoms with E-state index in [1.165, 1.54) is 7.11 Å². The highest BCUT2D eigenvalue weighted by atomic mass is 19.4. The molecule has 0 aliphatic heterocycles. The van der Waals surface area contributed by atoms with E-state index < -0.39 is 24.9 Å². The summed E-state index contributed by atoms with van der Waals surface area (Å²) in [5.74, 6) is 0.533. The van der Waals surface area contributed by atoms with Gasteiger partial charge < -0.3 is 14.8 Å². The number of carbonyl (C=O) groups is 1. The van der Waals surface area contributed by atoms with Crippen LogP contribution in [0.4, 0.5) is 18.0 Å². The number of hydrogen-bond donors (Lipinski definition) is 1. The number of benzene rings is 1. The molecule has 0 unspecified atom stereocenters. The molecule has 1 rings (SSSR count). The second kappa shape index (κ2) is 6.31. The fourth-order valence-electron chi connectivity index (χ4n) is 1.47. The van der Waals surface area contributed by atoms with E-state index in [1.54, 1.807) is 31.2 Å². The van der Waals surface area contributed by atoms with Crippen LogP contribution >= 0.6 is 0 Å². The van der Waals surface area contributed by atoms with Gasteiger partial charge in [0, 0.05) is 5.56 Å². The first-order valence-corrected chi connectivity index (χ1v) is 5.46. The molecule has 1 aromatic rings. The first kappa shape index (κ1) is 15.1. The molecule has 106 valence electrons. The van der Waals surface area contributed by atoms with Gasteiger partial charge in [0.05, 0.1) is 13.2 Å². The number of para-hydroxylation sites is 1. The third kappa shape index (κ3) is 5.07. The average molecular weight is 277 g/mol. The van der Waals surface area contributed by atoms with Crippen LogP contribution in [0.25, 0.3) is 0 Å². The summed E-state index contributed by atoms with van der Waals surface area (Å²) in [6, 6.07) is 6.34. The van der Waals surface area contributed by atoms with Gasteiger partial charge in [-0.1, -0.05) is 18.2 Å². The van der Waals surface area contributed by atoms with Crippen molar-refractivity contribution >= 4 is 6.09 Å². The molecular formula is C12H14F3NO3. The van der Waals surface area contributed by atoms with Crippen molar-refractivity contribution in [2.45, 2.75) is 19.1 Å². The number of hydrogen-bond acceptors (Lipinski definition) is 3. The molecule has 0 fully saturated rings. The maximum absolute atomic E-state index is 11.9. The normalized spacial score (nSPS) is 12.7. The lowest BCUT2D eigenvalue weighted by Crippen LogP contribution is -2.31. The molecule has 0 aliphatic carbocycles. The lowest BCUT2D eigenvalue weighted by molar-refractivity contribution is -0.160. The first-order chi connectivity index (χ1) is 8.83. The van der Waals surface area contributed by atoms with Crippen LogP contribution in [0.15, 0.2) is 24.3 Å². The first-order valence-electron chi connectivity index (χ1n) is 5.46. The van der Waals surface area contributed by atoms with E-state index in [0.717, 1.165) is 0 Å². The van der Waals surface area contributed by atoms with Crippen LogP contribution in [-0.4, -0.2) is 26.0 Å². The monoisotopic (exact) mass is 277 g/mol. The van der Waals surface area contributed by atoms with Crippen LogP contribution < -0.4 is 10.1 Å². The van der Waals surface area contributed by atoms with E-state index >= 15 is 0 Å². The lowest BCUT2D eigenvalue weighted by atomic mass is 10.1. The number of carbonyl (C=O) groups excluding carboxylic acids is 1. The number of halogens is 3. The Morgan fingerprint density at radius 2 is 2.00 bits per heavy atom. The molecule has 4 nitrogen and oxygen atoms in total. The smallest absolute Gasteiger partial charge is 0.422 e. The molecule has 1 aromatic carbocycles. The van der Waals surface area contributed by atoms with E-state index in [1.807, 2.05) is 0 Å². The Kier molecular flexibility index (Phi) is 5.02. The van der Waals surface area contributed by atoms with Crippen molar-refractivity contribution in [3.63, 3.8) is 0 Å². The molecule has 7 heteroatoms. The van der Waals surface area contributed by atoms with Crippen molar-refractivity contribution in [2.75, 3.05) is 13.7 Å². The van der Waals surface area contributed by atoms with E-state index in [9.17, 15) is 18.0 Å². The second-order valence-corrected chi connectivity index (χ2v) is 3.80. The van der Waals surface area contributed by atoms with Gasteiger partial charge in [-0.05, 0) is 13.0 Å². The molecule has 0 spiro atoms. The topological polar surface area (TPSA) is 47.6 Å². The average Bonchev–Trinajstić information content (AvgIpc) is 2.35. The Hall–Kier alpha value is -1.92. The van der Waals surface area contributed by atoms with E-state index in [2.05, 4.69) is 10.1 Å². The molecule has 19 heavy (non-hydrogen) atoms. The van der Waals surface area contributed by atoms with Gasteiger partial charge in [-0.3, -0.25) is 0 Å². The Balaban J connectivity index is 2.59. The Labute approximate surface area is 108 Å². The second-order valence-electron chi connectivity index (χ2n) is 3.80. The van der Waals surface area contributed by atoms with Crippen molar-refractivity contribution in [1.82, 2.24) is 5.32 Å². The minimum absolute atomic E-state index is 0.531. The van der Waals surface area contributed by atoms with Gasteiger partial charge in [0.2, 0.25) is 0 Å². The fraction of sp³-hybridized carbons (Fsp3) is 0.417. The van der Waals surface area contributed by atoms with Crippen LogP contribution in [0.3, 0.4) is 0 Å². The fourth-order valence-corrected chi connectivity index (χ4v) is 1.47. The predicted molar refractivity (Wildman–Crippen MR) is 61.9 cm³/mol. The quantitative estimate of drug-likeness (QED) is 0.920. The highest BCUT2D eigenvalue weighted by Crippen LogP contribution is 2.24. The summed E-state index contributed by atoms with van der Waals surface area (Å²) in [6.07, 6.45) is -5.67. The van der Waals surface area contributed by atoms with Gasteiger partial charge in [-0.25, -0.2) is 4.79 Å². The van der Waals surface area contributed by atoms with Crippen molar-refractivity contribution in [3.05, 3.63) is 29.8 Å². The van der Waals surface area contributed by atoms with Crippen molar-refractivity contribution in [3.8, 4) is 5.75 Å². The highest BCUT2D eigenvalue weighted by Gasteiger charge is 2.29. The van der Waals surface area contributed by atoms with E-state index in [4.69, 9.17) is 4.74 Å². The third-order valence-corrected chi connectivity index (χ3v) is 2.31. The molecule has 1 amide bonds. The van der Waals surface area contributed by atoms with Crippen LogP contribution in [0.5, 0.6) is 5.75 Å². The van der Waals surface area contributed by atoms with Crippen molar-refractivity contribution < 1.29 is 27.4 Å². The molecule has 1 N–H and O–H groups in total. The molecule has 0 saturated carbocycles. The van der Waals surface area contributed by atoms with E-state index in [-0.39, 0.29) is 0 Å². The van der Waals surface area contributed by atoms with Crippen LogP contribution in [0, 0.1) is 0 Å². The minimum atomic E-state index is -4.54. The molecule has 0 bridgehead atoms. The van der Waals surface area contributed by atoms with Gasteiger partial charge in [-0.15, -0.1) is 0 Å². The van der Waals surface area contributed by atoms with Gasteiger partial charge in [0.15, 0.2) is 6.61 Å². The Bertz CT molecular complexity index is 434. The number of alkyl halides is 3. The number of methoxy groups -OCH3 is 1. The van der Waals surface area contributed by atoms with E-state index in [0.29, 0.717) is 11.3 Å². The molecule has 0 aliphatic rings. The van der Waals surface area contributed by atoms with Gasteiger partial charge in [-0.2, -0.15) is 13.2 Å².